The van der Waals surface area contributed by atoms with Crippen LogP contribution in [-0.2, 0) is 9.53 Å². The number of amides is 1. The summed E-state index contributed by atoms with van der Waals surface area (Å²) in [6.07, 6.45) is 1.80. The predicted octanol–water partition coefficient (Wildman–Crippen LogP) is 4.00. The molecule has 0 N–H and O–H groups in total. The van der Waals surface area contributed by atoms with Gasteiger partial charge in [0.15, 0.2) is 11.5 Å². The Bertz CT molecular complexity index is 917. The molecule has 2 aromatic rings. The minimum atomic E-state index is -0.0994. The van der Waals surface area contributed by atoms with Gasteiger partial charge in [0.2, 0.25) is 0 Å². The Morgan fingerprint density at radius 3 is 2.40 bits per heavy atom. The molecule has 1 aliphatic heterocycles. The summed E-state index contributed by atoms with van der Waals surface area (Å²) in [6.45, 7) is 1.77. The Morgan fingerprint density at radius 1 is 1.00 bits per heavy atom. The van der Waals surface area contributed by atoms with E-state index in [0.717, 1.165) is 11.3 Å². The first-order valence-corrected chi connectivity index (χ1v) is 10.6. The largest absolute Gasteiger partial charge is 0.493 e. The standard InChI is InChI=1S/C22H23NO5S2/c1-23-21(24)20(30-22(23)29)15-16-8-9-18(19(14-16)25-2)28-13-11-26-10-12-27-17-6-4-3-5-7-17/h3-9,14-15H,10-13H2,1-2H3. The van der Waals surface area contributed by atoms with Gasteiger partial charge in [-0.25, -0.2) is 0 Å². The lowest BCUT2D eigenvalue weighted by Gasteiger charge is -2.12. The van der Waals surface area contributed by atoms with Crippen LogP contribution in [0.5, 0.6) is 17.2 Å². The summed E-state index contributed by atoms with van der Waals surface area (Å²) in [6, 6.07) is 15.1. The normalized spacial score (nSPS) is 15.0. The molecule has 0 atom stereocenters. The first-order valence-electron chi connectivity index (χ1n) is 9.36. The van der Waals surface area contributed by atoms with Crippen LogP contribution >= 0.6 is 24.0 Å². The summed E-state index contributed by atoms with van der Waals surface area (Å²) in [5, 5.41) is 0. The van der Waals surface area contributed by atoms with E-state index in [9.17, 15) is 4.79 Å². The van der Waals surface area contributed by atoms with Crippen molar-refractivity contribution in [2.45, 2.75) is 0 Å². The lowest BCUT2D eigenvalue weighted by molar-refractivity contribution is -0.121. The first-order chi connectivity index (χ1) is 14.6. The van der Waals surface area contributed by atoms with Crippen molar-refractivity contribution >= 4 is 40.3 Å². The van der Waals surface area contributed by atoms with Gasteiger partial charge in [-0.2, -0.15) is 0 Å². The molecule has 1 amide bonds. The van der Waals surface area contributed by atoms with E-state index in [1.807, 2.05) is 48.5 Å². The molecule has 0 saturated carbocycles. The fraction of sp³-hybridized carbons (Fsp3) is 0.273. The topological polar surface area (TPSA) is 57.2 Å². The molecular weight excluding hydrogens is 422 g/mol. The number of nitrogens with zero attached hydrogens (tertiary/aromatic N) is 1. The van der Waals surface area contributed by atoms with Gasteiger partial charge in [0, 0.05) is 7.05 Å². The zero-order chi connectivity index (χ0) is 21.3. The van der Waals surface area contributed by atoms with Crippen LogP contribution in [0.4, 0.5) is 0 Å². The number of para-hydroxylation sites is 1. The molecule has 158 valence electrons. The highest BCUT2D eigenvalue weighted by Gasteiger charge is 2.28. The summed E-state index contributed by atoms with van der Waals surface area (Å²) >= 11 is 6.44. The number of benzene rings is 2. The molecule has 1 heterocycles. The summed E-state index contributed by atoms with van der Waals surface area (Å²) in [4.78, 5) is 14.2. The number of carbonyl (C=O) groups is 1. The number of hydrogen-bond donors (Lipinski definition) is 0. The Kier molecular flexibility index (Phi) is 8.12. The number of methoxy groups -OCH3 is 1. The Hall–Kier alpha value is -2.55. The Labute approximate surface area is 185 Å². The third-order valence-corrected chi connectivity index (χ3v) is 5.68. The van der Waals surface area contributed by atoms with E-state index in [1.165, 1.54) is 16.7 Å². The number of thiocarbonyl (C=S) groups is 1. The van der Waals surface area contributed by atoms with E-state index in [0.29, 0.717) is 47.2 Å². The van der Waals surface area contributed by atoms with Gasteiger partial charge in [0.25, 0.3) is 5.91 Å². The van der Waals surface area contributed by atoms with Crippen LogP contribution in [0.1, 0.15) is 5.56 Å². The van der Waals surface area contributed by atoms with E-state index < -0.39 is 0 Å². The maximum atomic E-state index is 12.1. The molecule has 0 bridgehead atoms. The smallest absolute Gasteiger partial charge is 0.265 e. The molecule has 2 aromatic carbocycles. The van der Waals surface area contributed by atoms with Crippen molar-refractivity contribution in [1.82, 2.24) is 4.90 Å². The molecule has 8 heteroatoms. The van der Waals surface area contributed by atoms with Crippen molar-refractivity contribution in [1.29, 1.82) is 0 Å². The molecule has 0 unspecified atom stereocenters. The minimum absolute atomic E-state index is 0.0994. The van der Waals surface area contributed by atoms with Crippen LogP contribution in [0.15, 0.2) is 53.4 Å². The van der Waals surface area contributed by atoms with Gasteiger partial charge in [-0.3, -0.25) is 9.69 Å². The molecule has 6 nitrogen and oxygen atoms in total. The zero-order valence-corrected chi connectivity index (χ0v) is 18.5. The average molecular weight is 446 g/mol. The van der Waals surface area contributed by atoms with E-state index in [1.54, 1.807) is 20.2 Å². The highest BCUT2D eigenvalue weighted by molar-refractivity contribution is 8.26. The van der Waals surface area contributed by atoms with Crippen LogP contribution in [0.25, 0.3) is 6.08 Å². The van der Waals surface area contributed by atoms with E-state index in [-0.39, 0.29) is 5.91 Å². The Balaban J connectivity index is 1.45. The molecule has 1 fully saturated rings. The molecule has 1 aliphatic rings. The number of thioether (sulfide) groups is 1. The maximum absolute atomic E-state index is 12.1. The number of carbonyl (C=O) groups excluding carboxylic acids is 1. The molecule has 0 aromatic heterocycles. The van der Waals surface area contributed by atoms with E-state index >= 15 is 0 Å². The number of hydrogen-bond acceptors (Lipinski definition) is 7. The van der Waals surface area contributed by atoms with Crippen LogP contribution in [0.2, 0.25) is 0 Å². The summed E-state index contributed by atoms with van der Waals surface area (Å²) in [5.41, 5.74) is 0.836. The van der Waals surface area contributed by atoms with Gasteiger partial charge in [0.1, 0.15) is 23.3 Å². The van der Waals surface area contributed by atoms with Crippen LogP contribution in [0.3, 0.4) is 0 Å². The zero-order valence-electron chi connectivity index (χ0n) is 16.8. The van der Waals surface area contributed by atoms with Gasteiger partial charge >= 0.3 is 0 Å². The SMILES string of the molecule is COc1cc(C=C2SC(=S)N(C)C2=O)ccc1OCCOCCOc1ccccc1. The van der Waals surface area contributed by atoms with Gasteiger partial charge in [-0.1, -0.05) is 48.2 Å². The molecule has 1 saturated heterocycles. The van der Waals surface area contributed by atoms with Gasteiger partial charge < -0.3 is 18.9 Å². The Morgan fingerprint density at radius 2 is 1.73 bits per heavy atom. The van der Waals surface area contributed by atoms with Gasteiger partial charge in [0.05, 0.1) is 25.2 Å². The fourth-order valence-corrected chi connectivity index (χ4v) is 3.82. The van der Waals surface area contributed by atoms with Crippen molar-refractivity contribution in [3.05, 3.63) is 59.0 Å². The monoisotopic (exact) mass is 445 g/mol. The third kappa shape index (κ3) is 5.98. The predicted molar refractivity (Wildman–Crippen MR) is 122 cm³/mol. The third-order valence-electron chi connectivity index (χ3n) is 4.20. The quantitative estimate of drug-likeness (QED) is 0.311. The molecule has 3 rings (SSSR count). The van der Waals surface area contributed by atoms with Crippen molar-refractivity contribution in [3.8, 4) is 17.2 Å². The molecular formula is C22H23NO5S2. The number of rotatable bonds is 10. The first kappa shape index (κ1) is 22.1. The second-order valence-corrected chi connectivity index (χ2v) is 7.95. The van der Waals surface area contributed by atoms with Crippen molar-refractivity contribution in [2.75, 3.05) is 40.6 Å². The van der Waals surface area contributed by atoms with Gasteiger partial charge in [-0.15, -0.1) is 0 Å². The fourth-order valence-electron chi connectivity index (χ4n) is 2.64. The highest BCUT2D eigenvalue weighted by atomic mass is 32.2. The second kappa shape index (κ2) is 11.0. The summed E-state index contributed by atoms with van der Waals surface area (Å²) in [5.74, 6) is 1.92. The summed E-state index contributed by atoms with van der Waals surface area (Å²) in [7, 11) is 3.25. The summed E-state index contributed by atoms with van der Waals surface area (Å²) < 4.78 is 22.8. The highest BCUT2D eigenvalue weighted by Crippen LogP contribution is 2.34. The van der Waals surface area contributed by atoms with Crippen molar-refractivity contribution in [2.24, 2.45) is 0 Å². The van der Waals surface area contributed by atoms with Crippen molar-refractivity contribution < 1.29 is 23.7 Å². The molecule has 30 heavy (non-hydrogen) atoms. The van der Waals surface area contributed by atoms with E-state index in [2.05, 4.69) is 0 Å². The second-order valence-electron chi connectivity index (χ2n) is 6.27. The average Bonchev–Trinajstić information content (AvgIpc) is 3.01. The van der Waals surface area contributed by atoms with Crippen LogP contribution in [0, 0.1) is 0 Å². The van der Waals surface area contributed by atoms with Crippen LogP contribution < -0.4 is 14.2 Å². The lowest BCUT2D eigenvalue weighted by atomic mass is 10.2. The molecule has 0 aliphatic carbocycles. The van der Waals surface area contributed by atoms with Gasteiger partial charge in [-0.05, 0) is 35.9 Å². The van der Waals surface area contributed by atoms with Crippen molar-refractivity contribution in [3.63, 3.8) is 0 Å². The molecule has 0 radical (unpaired) electrons. The minimum Gasteiger partial charge on any atom is -0.493 e. The van der Waals surface area contributed by atoms with E-state index in [4.69, 9.17) is 31.2 Å². The maximum Gasteiger partial charge on any atom is 0.265 e. The number of ether oxygens (including phenoxy) is 4. The lowest BCUT2D eigenvalue weighted by Crippen LogP contribution is -2.22. The number of likely N-dealkylation sites (N-methyl/N-ethyl adjacent to an activating group) is 1. The molecule has 0 spiro atoms. The van der Waals surface area contributed by atoms with Crippen LogP contribution in [-0.4, -0.2) is 55.7 Å².